The summed E-state index contributed by atoms with van der Waals surface area (Å²) in [5, 5.41) is 21.6. The number of carboxylic acid groups (broad SMARTS) is 1. The summed E-state index contributed by atoms with van der Waals surface area (Å²) >= 11 is 0. The maximum absolute atomic E-state index is 12.2. The van der Waals surface area contributed by atoms with E-state index in [1.54, 1.807) is 0 Å². The molecule has 1 aromatic rings. The van der Waals surface area contributed by atoms with Crippen molar-refractivity contribution < 1.29 is 23.4 Å². The van der Waals surface area contributed by atoms with Crippen LogP contribution in [0.5, 0.6) is 0 Å². The standard InChI is InChI=1S/C16H26N2O5S/c1-10-6-11(2)15(12(3)7-10)18(24(5,22)23)9-14(19)8-17-13(4)16(20)21/h6-7,13-14,17,19H,8-9H2,1-5H3,(H,20,21). The minimum Gasteiger partial charge on any atom is -0.480 e. The average Bonchev–Trinajstić information content (AvgIpc) is 2.41. The maximum Gasteiger partial charge on any atom is 0.320 e. The molecule has 0 fully saturated rings. The fourth-order valence-corrected chi connectivity index (χ4v) is 3.68. The van der Waals surface area contributed by atoms with Crippen LogP contribution in [0.25, 0.3) is 0 Å². The molecule has 136 valence electrons. The van der Waals surface area contributed by atoms with Crippen LogP contribution in [-0.4, -0.2) is 56.1 Å². The Morgan fingerprint density at radius 2 is 1.75 bits per heavy atom. The fraction of sp³-hybridized carbons (Fsp3) is 0.562. The van der Waals surface area contributed by atoms with Gasteiger partial charge in [-0.2, -0.15) is 0 Å². The number of nitrogens with zero attached hydrogens (tertiary/aromatic N) is 1. The Hall–Kier alpha value is -1.64. The Morgan fingerprint density at radius 3 is 2.17 bits per heavy atom. The van der Waals surface area contributed by atoms with Gasteiger partial charge >= 0.3 is 5.97 Å². The van der Waals surface area contributed by atoms with Crippen LogP contribution in [0.3, 0.4) is 0 Å². The van der Waals surface area contributed by atoms with Gasteiger partial charge in [0.25, 0.3) is 0 Å². The van der Waals surface area contributed by atoms with Gasteiger partial charge in [-0.25, -0.2) is 8.42 Å². The predicted octanol–water partition coefficient (Wildman–Crippen LogP) is 0.801. The van der Waals surface area contributed by atoms with E-state index < -0.39 is 28.1 Å². The molecule has 0 saturated carbocycles. The summed E-state index contributed by atoms with van der Waals surface area (Å²) in [5.74, 6) is -1.03. The summed E-state index contributed by atoms with van der Waals surface area (Å²) in [6, 6.07) is 2.95. The highest BCUT2D eigenvalue weighted by Gasteiger charge is 2.24. The molecule has 3 N–H and O–H groups in total. The average molecular weight is 358 g/mol. The summed E-state index contributed by atoms with van der Waals surface area (Å²) in [7, 11) is -3.60. The second-order valence-electron chi connectivity index (χ2n) is 6.16. The molecule has 0 amide bonds. The van der Waals surface area contributed by atoms with E-state index >= 15 is 0 Å². The van der Waals surface area contributed by atoms with Crippen molar-refractivity contribution in [1.82, 2.24) is 5.32 Å². The number of nitrogens with one attached hydrogen (secondary N) is 1. The third-order valence-electron chi connectivity index (χ3n) is 3.69. The van der Waals surface area contributed by atoms with E-state index in [0.29, 0.717) is 5.69 Å². The number of carboxylic acids is 1. The fourth-order valence-electron chi connectivity index (χ4n) is 2.61. The van der Waals surface area contributed by atoms with Crippen LogP contribution in [-0.2, 0) is 14.8 Å². The number of aliphatic carboxylic acids is 1. The molecule has 0 saturated heterocycles. The molecule has 7 nitrogen and oxygen atoms in total. The number of anilines is 1. The Labute approximate surface area is 143 Å². The third kappa shape index (κ3) is 5.47. The first-order chi connectivity index (χ1) is 10.9. The maximum atomic E-state index is 12.2. The van der Waals surface area contributed by atoms with Gasteiger partial charge in [0.2, 0.25) is 10.0 Å². The van der Waals surface area contributed by atoms with E-state index in [4.69, 9.17) is 5.11 Å². The summed E-state index contributed by atoms with van der Waals surface area (Å²) in [4.78, 5) is 10.8. The lowest BCUT2D eigenvalue weighted by Crippen LogP contribution is -2.45. The molecule has 0 aliphatic heterocycles. The van der Waals surface area contributed by atoms with Crippen molar-refractivity contribution in [3.8, 4) is 0 Å². The van der Waals surface area contributed by atoms with Crippen LogP contribution in [0.2, 0.25) is 0 Å². The number of benzene rings is 1. The lowest BCUT2D eigenvalue weighted by Gasteiger charge is -2.28. The van der Waals surface area contributed by atoms with Crippen molar-refractivity contribution in [1.29, 1.82) is 0 Å². The normalized spacial score (nSPS) is 14.2. The molecule has 0 aliphatic rings. The largest absolute Gasteiger partial charge is 0.480 e. The summed E-state index contributed by atoms with van der Waals surface area (Å²) in [5.41, 5.74) is 3.18. The SMILES string of the molecule is Cc1cc(C)c(N(CC(O)CNC(C)C(=O)O)S(C)(=O)=O)c(C)c1. The topological polar surface area (TPSA) is 107 Å². The zero-order valence-electron chi connectivity index (χ0n) is 14.7. The Balaban J connectivity index is 3.03. The van der Waals surface area contributed by atoms with Crippen molar-refractivity contribution in [2.75, 3.05) is 23.7 Å². The molecule has 0 aromatic heterocycles. The van der Waals surface area contributed by atoms with E-state index in [1.165, 1.54) is 11.2 Å². The smallest absolute Gasteiger partial charge is 0.320 e. The molecular formula is C16H26N2O5S. The summed E-state index contributed by atoms with van der Waals surface area (Å²) in [6.45, 7) is 6.86. The van der Waals surface area contributed by atoms with Gasteiger partial charge in [-0.3, -0.25) is 9.10 Å². The Kier molecular flexibility index (Phi) is 6.76. The number of carbonyl (C=O) groups is 1. The van der Waals surface area contributed by atoms with Gasteiger partial charge in [0.05, 0.1) is 24.6 Å². The van der Waals surface area contributed by atoms with Crippen LogP contribution in [0.15, 0.2) is 12.1 Å². The van der Waals surface area contributed by atoms with E-state index in [-0.39, 0.29) is 13.1 Å². The molecule has 1 rings (SSSR count). The number of sulfonamides is 1. The second-order valence-corrected chi connectivity index (χ2v) is 8.07. The zero-order valence-corrected chi connectivity index (χ0v) is 15.5. The third-order valence-corrected chi connectivity index (χ3v) is 4.82. The van der Waals surface area contributed by atoms with Gasteiger partial charge in [0, 0.05) is 6.54 Å². The van der Waals surface area contributed by atoms with E-state index in [9.17, 15) is 18.3 Å². The van der Waals surface area contributed by atoms with Crippen molar-refractivity contribution in [3.63, 3.8) is 0 Å². The van der Waals surface area contributed by atoms with Crippen molar-refractivity contribution in [2.24, 2.45) is 0 Å². The molecule has 2 unspecified atom stereocenters. The van der Waals surface area contributed by atoms with Gasteiger partial charge in [0.1, 0.15) is 6.04 Å². The molecule has 0 spiro atoms. The van der Waals surface area contributed by atoms with Crippen LogP contribution in [0.4, 0.5) is 5.69 Å². The number of hydrogen-bond acceptors (Lipinski definition) is 5. The minimum atomic E-state index is -3.60. The molecule has 24 heavy (non-hydrogen) atoms. The summed E-state index contributed by atoms with van der Waals surface area (Å²) < 4.78 is 25.6. The molecular weight excluding hydrogens is 332 g/mol. The van der Waals surface area contributed by atoms with Crippen LogP contribution in [0, 0.1) is 20.8 Å². The Morgan fingerprint density at radius 1 is 1.25 bits per heavy atom. The monoisotopic (exact) mass is 358 g/mol. The first-order valence-corrected chi connectivity index (χ1v) is 9.48. The first kappa shape index (κ1) is 20.4. The molecule has 0 bridgehead atoms. The van der Waals surface area contributed by atoms with Gasteiger partial charge in [-0.1, -0.05) is 17.7 Å². The van der Waals surface area contributed by atoms with Crippen molar-refractivity contribution in [3.05, 3.63) is 28.8 Å². The van der Waals surface area contributed by atoms with E-state index in [2.05, 4.69) is 5.32 Å². The number of aryl methyl sites for hydroxylation is 3. The van der Waals surface area contributed by atoms with Gasteiger partial charge in [0.15, 0.2) is 0 Å². The van der Waals surface area contributed by atoms with Gasteiger partial charge < -0.3 is 15.5 Å². The van der Waals surface area contributed by atoms with E-state index in [1.807, 2.05) is 32.9 Å². The van der Waals surface area contributed by atoms with Crippen molar-refractivity contribution >= 4 is 21.7 Å². The quantitative estimate of drug-likeness (QED) is 0.635. The number of aliphatic hydroxyl groups excluding tert-OH is 1. The van der Waals surface area contributed by atoms with Crippen LogP contribution < -0.4 is 9.62 Å². The lowest BCUT2D eigenvalue weighted by atomic mass is 10.0. The molecule has 2 atom stereocenters. The van der Waals surface area contributed by atoms with Crippen LogP contribution >= 0.6 is 0 Å². The molecule has 0 radical (unpaired) electrons. The zero-order chi connectivity index (χ0) is 18.7. The van der Waals surface area contributed by atoms with Gasteiger partial charge in [-0.15, -0.1) is 0 Å². The highest BCUT2D eigenvalue weighted by Crippen LogP contribution is 2.28. The molecule has 8 heteroatoms. The van der Waals surface area contributed by atoms with E-state index in [0.717, 1.165) is 22.9 Å². The minimum absolute atomic E-state index is 0.0244. The van der Waals surface area contributed by atoms with Crippen LogP contribution in [0.1, 0.15) is 23.6 Å². The second kappa shape index (κ2) is 7.96. The van der Waals surface area contributed by atoms with Crippen molar-refractivity contribution in [2.45, 2.75) is 39.8 Å². The molecule has 0 heterocycles. The number of aliphatic hydroxyl groups is 1. The predicted molar refractivity (Wildman–Crippen MR) is 94.0 cm³/mol. The Bertz CT molecular complexity index is 679. The molecule has 1 aromatic carbocycles. The number of rotatable bonds is 8. The summed E-state index contributed by atoms with van der Waals surface area (Å²) in [6.07, 6.45) is 0.0489. The van der Waals surface area contributed by atoms with Gasteiger partial charge in [-0.05, 0) is 38.8 Å². The number of hydrogen-bond donors (Lipinski definition) is 3. The lowest BCUT2D eigenvalue weighted by molar-refractivity contribution is -0.139. The highest BCUT2D eigenvalue weighted by atomic mass is 32.2. The molecule has 0 aliphatic carbocycles. The highest BCUT2D eigenvalue weighted by molar-refractivity contribution is 7.92. The first-order valence-electron chi connectivity index (χ1n) is 7.63.